The highest BCUT2D eigenvalue weighted by Crippen LogP contribution is 2.27. The van der Waals surface area contributed by atoms with E-state index in [1.807, 2.05) is 12.1 Å². The molecule has 0 fully saturated rings. The number of aryl methyl sites for hydroxylation is 1. The summed E-state index contributed by atoms with van der Waals surface area (Å²) in [5.41, 5.74) is 3.74. The van der Waals surface area contributed by atoms with Crippen molar-refractivity contribution in [3.63, 3.8) is 0 Å². The Morgan fingerprint density at radius 2 is 1.31 bits per heavy atom. The Hall–Kier alpha value is -2.62. The molecule has 0 bridgehead atoms. The predicted molar refractivity (Wildman–Crippen MR) is 98.2 cm³/mol. The van der Waals surface area contributed by atoms with Crippen LogP contribution in [0, 0.1) is 17.7 Å². The quantitative estimate of drug-likeness (QED) is 0.360. The molecule has 0 N–H and O–H groups in total. The first-order chi connectivity index (χ1) is 12.6. The number of pyridine rings is 1. The van der Waals surface area contributed by atoms with Crippen LogP contribution in [0.1, 0.15) is 31.7 Å². The lowest BCUT2D eigenvalue weighted by Crippen LogP contribution is -1.96. The van der Waals surface area contributed by atoms with Crippen molar-refractivity contribution in [2.75, 3.05) is 0 Å². The summed E-state index contributed by atoms with van der Waals surface area (Å²) >= 11 is 0. The van der Waals surface area contributed by atoms with Gasteiger partial charge in [0.05, 0.1) is 0 Å². The molecule has 0 amide bonds. The molecule has 0 atom stereocenters. The number of hydrogen-bond acceptors (Lipinski definition) is 1. The van der Waals surface area contributed by atoms with Crippen molar-refractivity contribution in [2.45, 2.75) is 32.6 Å². The third kappa shape index (κ3) is 4.13. The van der Waals surface area contributed by atoms with Crippen molar-refractivity contribution >= 4 is 0 Å². The van der Waals surface area contributed by atoms with Crippen LogP contribution in [-0.4, -0.2) is 4.98 Å². The normalized spacial score (nSPS) is 10.9. The molecular weight excluding hydrogens is 335 g/mol. The summed E-state index contributed by atoms with van der Waals surface area (Å²) < 4.78 is 40.1. The van der Waals surface area contributed by atoms with E-state index in [9.17, 15) is 13.2 Å². The van der Waals surface area contributed by atoms with Gasteiger partial charge in [-0.15, -0.1) is 0 Å². The van der Waals surface area contributed by atoms with E-state index in [0.717, 1.165) is 23.6 Å². The van der Waals surface area contributed by atoms with E-state index in [-0.39, 0.29) is 5.56 Å². The summed E-state index contributed by atoms with van der Waals surface area (Å²) in [6.45, 7) is 2.19. The van der Waals surface area contributed by atoms with E-state index >= 15 is 0 Å². The van der Waals surface area contributed by atoms with Gasteiger partial charge in [-0.3, -0.25) is 0 Å². The second-order valence-electron chi connectivity index (χ2n) is 6.33. The fourth-order valence-corrected chi connectivity index (χ4v) is 2.93. The van der Waals surface area contributed by atoms with Gasteiger partial charge in [0.2, 0.25) is 5.95 Å². The molecular formula is C22H20F3N. The predicted octanol–water partition coefficient (Wildman–Crippen LogP) is 6.57. The van der Waals surface area contributed by atoms with Crippen LogP contribution in [0.3, 0.4) is 0 Å². The first-order valence-electron chi connectivity index (χ1n) is 8.79. The van der Waals surface area contributed by atoms with E-state index in [4.69, 9.17) is 0 Å². The Labute approximate surface area is 151 Å². The molecule has 3 rings (SSSR count). The summed E-state index contributed by atoms with van der Waals surface area (Å²) in [7, 11) is 0. The van der Waals surface area contributed by atoms with Crippen LogP contribution < -0.4 is 0 Å². The highest BCUT2D eigenvalue weighted by atomic mass is 19.2. The SMILES string of the molecule is CCCCCc1ccc(-c2ccc(-c3cc(F)c(F)nc3F)cc2)cc1. The van der Waals surface area contributed by atoms with E-state index in [1.54, 1.807) is 12.1 Å². The van der Waals surface area contributed by atoms with Crippen LogP contribution in [-0.2, 0) is 6.42 Å². The summed E-state index contributed by atoms with van der Waals surface area (Å²) in [6, 6.07) is 16.2. The lowest BCUT2D eigenvalue weighted by Gasteiger charge is -2.07. The number of hydrogen-bond donors (Lipinski definition) is 0. The van der Waals surface area contributed by atoms with Gasteiger partial charge in [-0.25, -0.2) is 4.39 Å². The van der Waals surface area contributed by atoms with E-state index in [0.29, 0.717) is 5.56 Å². The van der Waals surface area contributed by atoms with Crippen molar-refractivity contribution in [3.8, 4) is 22.3 Å². The minimum absolute atomic E-state index is 0.0540. The number of benzene rings is 2. The first kappa shape index (κ1) is 18.2. The summed E-state index contributed by atoms with van der Waals surface area (Å²) in [6.07, 6.45) is 4.71. The Kier molecular flexibility index (Phi) is 5.71. The van der Waals surface area contributed by atoms with Crippen LogP contribution in [0.25, 0.3) is 22.3 Å². The average molecular weight is 355 g/mol. The highest BCUT2D eigenvalue weighted by Gasteiger charge is 2.13. The zero-order valence-corrected chi connectivity index (χ0v) is 14.6. The number of nitrogens with zero attached hydrogens (tertiary/aromatic N) is 1. The van der Waals surface area contributed by atoms with Gasteiger partial charge < -0.3 is 0 Å². The van der Waals surface area contributed by atoms with Crippen molar-refractivity contribution in [3.05, 3.63) is 77.9 Å². The Morgan fingerprint density at radius 3 is 1.92 bits per heavy atom. The molecule has 134 valence electrons. The molecule has 1 heterocycles. The van der Waals surface area contributed by atoms with Crippen LogP contribution in [0.4, 0.5) is 13.2 Å². The minimum Gasteiger partial charge on any atom is -0.202 e. The molecule has 26 heavy (non-hydrogen) atoms. The second-order valence-corrected chi connectivity index (χ2v) is 6.33. The van der Waals surface area contributed by atoms with Crippen LogP contribution in [0.15, 0.2) is 54.6 Å². The van der Waals surface area contributed by atoms with Gasteiger partial charge >= 0.3 is 0 Å². The minimum atomic E-state index is -1.43. The monoisotopic (exact) mass is 355 g/mol. The zero-order chi connectivity index (χ0) is 18.5. The fourth-order valence-electron chi connectivity index (χ4n) is 2.93. The molecule has 0 aliphatic heterocycles. The number of halogens is 3. The van der Waals surface area contributed by atoms with Crippen molar-refractivity contribution < 1.29 is 13.2 Å². The third-order valence-corrected chi connectivity index (χ3v) is 4.44. The maximum Gasteiger partial charge on any atom is 0.251 e. The smallest absolute Gasteiger partial charge is 0.202 e. The second kappa shape index (κ2) is 8.17. The lowest BCUT2D eigenvalue weighted by atomic mass is 9.99. The summed E-state index contributed by atoms with van der Waals surface area (Å²) in [5.74, 6) is -3.61. The summed E-state index contributed by atoms with van der Waals surface area (Å²) in [5, 5.41) is 0. The standard InChI is InChI=1S/C22H20F3N/c1-2-3-4-5-15-6-8-16(9-7-15)17-10-12-18(13-11-17)19-14-20(23)22(25)26-21(19)24/h6-14H,2-5H2,1H3. The number of unbranched alkanes of at least 4 members (excludes halogenated alkanes) is 2. The highest BCUT2D eigenvalue weighted by molar-refractivity contribution is 5.70. The van der Waals surface area contributed by atoms with E-state index < -0.39 is 17.7 Å². The van der Waals surface area contributed by atoms with Crippen LogP contribution in [0.5, 0.6) is 0 Å². The average Bonchev–Trinajstić information content (AvgIpc) is 2.66. The number of rotatable bonds is 6. The van der Waals surface area contributed by atoms with Crippen molar-refractivity contribution in [1.29, 1.82) is 0 Å². The molecule has 0 aliphatic rings. The number of aromatic nitrogens is 1. The Bertz CT molecular complexity index is 871. The zero-order valence-electron chi connectivity index (χ0n) is 14.6. The maximum absolute atomic E-state index is 13.8. The van der Waals surface area contributed by atoms with Crippen LogP contribution >= 0.6 is 0 Å². The van der Waals surface area contributed by atoms with Gasteiger partial charge in [0.15, 0.2) is 5.82 Å². The van der Waals surface area contributed by atoms with E-state index in [2.05, 4.69) is 36.2 Å². The van der Waals surface area contributed by atoms with Gasteiger partial charge in [-0.2, -0.15) is 13.8 Å². The molecule has 0 radical (unpaired) electrons. The van der Waals surface area contributed by atoms with Crippen molar-refractivity contribution in [2.24, 2.45) is 0 Å². The molecule has 0 saturated heterocycles. The molecule has 0 spiro atoms. The fraction of sp³-hybridized carbons (Fsp3) is 0.227. The molecule has 1 nitrogen and oxygen atoms in total. The topological polar surface area (TPSA) is 12.9 Å². The van der Waals surface area contributed by atoms with Gasteiger partial charge in [-0.1, -0.05) is 68.3 Å². The van der Waals surface area contributed by atoms with Crippen LogP contribution in [0.2, 0.25) is 0 Å². The largest absolute Gasteiger partial charge is 0.251 e. The molecule has 0 aliphatic carbocycles. The van der Waals surface area contributed by atoms with Gasteiger partial charge in [0.25, 0.3) is 5.95 Å². The van der Waals surface area contributed by atoms with Gasteiger partial charge in [-0.05, 0) is 41.2 Å². The molecule has 4 heteroatoms. The first-order valence-corrected chi connectivity index (χ1v) is 8.79. The molecule has 1 aromatic heterocycles. The molecule has 3 aromatic rings. The third-order valence-electron chi connectivity index (χ3n) is 4.44. The molecule has 0 unspecified atom stereocenters. The van der Waals surface area contributed by atoms with Crippen molar-refractivity contribution in [1.82, 2.24) is 4.98 Å². The van der Waals surface area contributed by atoms with E-state index in [1.165, 1.54) is 24.8 Å². The lowest BCUT2D eigenvalue weighted by molar-refractivity contribution is 0.449. The molecule has 2 aromatic carbocycles. The Balaban J connectivity index is 1.78. The molecule has 0 saturated carbocycles. The van der Waals surface area contributed by atoms with Gasteiger partial charge in [0.1, 0.15) is 0 Å². The maximum atomic E-state index is 13.8. The van der Waals surface area contributed by atoms with Gasteiger partial charge in [0, 0.05) is 5.56 Å². The Morgan fingerprint density at radius 1 is 0.731 bits per heavy atom. The summed E-state index contributed by atoms with van der Waals surface area (Å²) in [4.78, 5) is 2.96.